The Labute approximate surface area is 106 Å². The van der Waals surface area contributed by atoms with Gasteiger partial charge >= 0.3 is 0 Å². The third kappa shape index (κ3) is 2.81. The normalized spacial score (nSPS) is 28.8. The second kappa shape index (κ2) is 5.37. The molecule has 2 atom stereocenters. The summed E-state index contributed by atoms with van der Waals surface area (Å²) in [5.74, 6) is 0. The predicted molar refractivity (Wildman–Crippen MR) is 68.0 cm³/mol. The minimum absolute atomic E-state index is 0.0784. The zero-order valence-corrected chi connectivity index (χ0v) is 11.2. The fourth-order valence-electron chi connectivity index (χ4n) is 2.45. The molecule has 2 N–H and O–H groups in total. The number of hydrogen-bond acceptors (Lipinski definition) is 5. The van der Waals surface area contributed by atoms with Gasteiger partial charge in [-0.3, -0.25) is 0 Å². The average Bonchev–Trinajstić information content (AvgIpc) is 2.89. The summed E-state index contributed by atoms with van der Waals surface area (Å²) in [5.41, 5.74) is -0.0784. The molecule has 0 aromatic carbocycles. The van der Waals surface area contributed by atoms with Crippen molar-refractivity contribution in [3.63, 3.8) is 0 Å². The number of nitrogens with zero attached hydrogens (tertiary/aromatic N) is 3. The van der Waals surface area contributed by atoms with Crippen molar-refractivity contribution in [3.8, 4) is 0 Å². The average molecular weight is 256 g/mol. The van der Waals surface area contributed by atoms with Crippen LogP contribution in [0.3, 0.4) is 0 Å². The standard InChI is InChI=1S/C11H20N4OS/c1-3-13-11(7-16)5-4-9(6-11)17-10-12-8-14-15(10)2/h8-9,13,16H,3-7H2,1-2H3. The first-order chi connectivity index (χ1) is 8.19. The zero-order valence-electron chi connectivity index (χ0n) is 10.4. The van der Waals surface area contributed by atoms with Gasteiger partial charge in [0.2, 0.25) is 0 Å². The summed E-state index contributed by atoms with van der Waals surface area (Å²) in [7, 11) is 1.91. The highest BCUT2D eigenvalue weighted by Gasteiger charge is 2.38. The van der Waals surface area contributed by atoms with Crippen molar-refractivity contribution in [2.24, 2.45) is 7.05 Å². The van der Waals surface area contributed by atoms with E-state index in [2.05, 4.69) is 22.3 Å². The first kappa shape index (κ1) is 12.9. The largest absolute Gasteiger partial charge is 0.394 e. The lowest BCUT2D eigenvalue weighted by molar-refractivity contribution is 0.167. The van der Waals surface area contributed by atoms with E-state index in [0.29, 0.717) is 5.25 Å². The van der Waals surface area contributed by atoms with Gasteiger partial charge in [-0.15, -0.1) is 0 Å². The van der Waals surface area contributed by atoms with E-state index in [1.165, 1.54) is 0 Å². The summed E-state index contributed by atoms with van der Waals surface area (Å²) >= 11 is 1.77. The molecule has 0 amide bonds. The number of aromatic nitrogens is 3. The lowest BCUT2D eigenvalue weighted by atomic mass is 9.99. The molecule has 1 saturated carbocycles. The van der Waals surface area contributed by atoms with Crippen molar-refractivity contribution in [3.05, 3.63) is 6.33 Å². The summed E-state index contributed by atoms with van der Waals surface area (Å²) in [6, 6.07) is 0. The molecule has 5 nitrogen and oxygen atoms in total. The van der Waals surface area contributed by atoms with Gasteiger partial charge in [-0.2, -0.15) is 5.10 Å². The van der Waals surface area contributed by atoms with Crippen molar-refractivity contribution in [2.45, 2.75) is 42.1 Å². The number of aliphatic hydroxyl groups is 1. The maximum atomic E-state index is 9.54. The highest BCUT2D eigenvalue weighted by molar-refractivity contribution is 7.99. The molecule has 1 heterocycles. The quantitative estimate of drug-likeness (QED) is 0.816. The van der Waals surface area contributed by atoms with Crippen molar-refractivity contribution in [1.29, 1.82) is 0 Å². The SMILES string of the molecule is CCNC1(CO)CCC(Sc2ncnn2C)C1. The minimum Gasteiger partial charge on any atom is -0.394 e. The van der Waals surface area contributed by atoms with E-state index < -0.39 is 0 Å². The Bertz CT molecular complexity index is 370. The third-order valence-electron chi connectivity index (χ3n) is 3.36. The van der Waals surface area contributed by atoms with Crippen LogP contribution in [-0.4, -0.2) is 43.8 Å². The Morgan fingerprint density at radius 2 is 2.53 bits per heavy atom. The van der Waals surface area contributed by atoms with Gasteiger partial charge in [0.05, 0.1) is 6.61 Å². The van der Waals surface area contributed by atoms with Gasteiger partial charge in [0.1, 0.15) is 6.33 Å². The molecule has 2 rings (SSSR count). The van der Waals surface area contributed by atoms with Gasteiger partial charge in [-0.1, -0.05) is 18.7 Å². The van der Waals surface area contributed by atoms with Gasteiger partial charge in [0.25, 0.3) is 0 Å². The number of thioether (sulfide) groups is 1. The highest BCUT2D eigenvalue weighted by atomic mass is 32.2. The fraction of sp³-hybridized carbons (Fsp3) is 0.818. The first-order valence-corrected chi connectivity index (χ1v) is 6.93. The van der Waals surface area contributed by atoms with Crippen LogP contribution in [0.25, 0.3) is 0 Å². The van der Waals surface area contributed by atoms with E-state index >= 15 is 0 Å². The molecule has 6 heteroatoms. The van der Waals surface area contributed by atoms with E-state index in [1.54, 1.807) is 22.8 Å². The maximum Gasteiger partial charge on any atom is 0.186 e. The molecular weight excluding hydrogens is 236 g/mol. The van der Waals surface area contributed by atoms with Crippen molar-refractivity contribution < 1.29 is 5.11 Å². The van der Waals surface area contributed by atoms with Crippen LogP contribution < -0.4 is 5.32 Å². The van der Waals surface area contributed by atoms with E-state index in [0.717, 1.165) is 31.0 Å². The van der Waals surface area contributed by atoms with Crippen LogP contribution in [0.5, 0.6) is 0 Å². The molecular formula is C11H20N4OS. The molecule has 1 aromatic heterocycles. The van der Waals surface area contributed by atoms with Crippen LogP contribution in [0, 0.1) is 0 Å². The van der Waals surface area contributed by atoms with Crippen LogP contribution in [0.2, 0.25) is 0 Å². The predicted octanol–water partition coefficient (Wildman–Crippen LogP) is 0.800. The maximum absolute atomic E-state index is 9.54. The topological polar surface area (TPSA) is 63.0 Å². The van der Waals surface area contributed by atoms with E-state index in [4.69, 9.17) is 0 Å². The van der Waals surface area contributed by atoms with Crippen LogP contribution in [0.4, 0.5) is 0 Å². The number of likely N-dealkylation sites (N-methyl/N-ethyl adjacent to an activating group) is 1. The Kier molecular flexibility index (Phi) is 4.06. The van der Waals surface area contributed by atoms with Crippen LogP contribution in [-0.2, 0) is 7.05 Å². The lowest BCUT2D eigenvalue weighted by Crippen LogP contribution is -2.46. The van der Waals surface area contributed by atoms with Crippen LogP contribution in [0.15, 0.2) is 11.5 Å². The summed E-state index contributed by atoms with van der Waals surface area (Å²) in [4.78, 5) is 4.23. The molecule has 0 bridgehead atoms. The smallest absolute Gasteiger partial charge is 0.186 e. The Morgan fingerprint density at radius 1 is 1.71 bits per heavy atom. The van der Waals surface area contributed by atoms with Crippen molar-refractivity contribution in [2.75, 3.05) is 13.2 Å². The van der Waals surface area contributed by atoms with Crippen molar-refractivity contribution >= 4 is 11.8 Å². The number of rotatable bonds is 5. The number of hydrogen-bond donors (Lipinski definition) is 2. The molecule has 1 fully saturated rings. The highest BCUT2D eigenvalue weighted by Crippen LogP contribution is 2.39. The molecule has 0 spiro atoms. The van der Waals surface area contributed by atoms with E-state index in [1.807, 2.05) is 7.05 Å². The molecule has 1 aliphatic carbocycles. The molecule has 96 valence electrons. The molecule has 1 aliphatic rings. The molecule has 17 heavy (non-hydrogen) atoms. The second-order valence-corrected chi connectivity index (χ2v) is 5.89. The summed E-state index contributed by atoms with van der Waals surface area (Å²) in [5, 5.41) is 18.5. The minimum atomic E-state index is -0.0784. The lowest BCUT2D eigenvalue weighted by Gasteiger charge is -2.27. The Balaban J connectivity index is 1.95. The Hall–Kier alpha value is -0.590. The first-order valence-electron chi connectivity index (χ1n) is 6.05. The van der Waals surface area contributed by atoms with Crippen LogP contribution >= 0.6 is 11.8 Å². The molecule has 0 aliphatic heterocycles. The van der Waals surface area contributed by atoms with Gasteiger partial charge in [-0.05, 0) is 25.8 Å². The van der Waals surface area contributed by atoms with E-state index in [9.17, 15) is 5.11 Å². The van der Waals surface area contributed by atoms with E-state index in [-0.39, 0.29) is 12.1 Å². The van der Waals surface area contributed by atoms with Crippen LogP contribution in [0.1, 0.15) is 26.2 Å². The number of nitrogens with one attached hydrogen (secondary N) is 1. The zero-order chi connectivity index (χ0) is 12.3. The summed E-state index contributed by atoms with van der Waals surface area (Å²) < 4.78 is 1.80. The second-order valence-electron chi connectivity index (χ2n) is 4.62. The van der Waals surface area contributed by atoms with Gasteiger partial charge in [0.15, 0.2) is 5.16 Å². The third-order valence-corrected chi connectivity index (χ3v) is 4.68. The molecule has 0 radical (unpaired) electrons. The number of aliphatic hydroxyl groups excluding tert-OH is 1. The molecule has 1 aromatic rings. The summed E-state index contributed by atoms with van der Waals surface area (Å²) in [6.45, 7) is 3.21. The van der Waals surface area contributed by atoms with Gasteiger partial charge < -0.3 is 10.4 Å². The van der Waals surface area contributed by atoms with Crippen molar-refractivity contribution in [1.82, 2.24) is 20.1 Å². The van der Waals surface area contributed by atoms with Gasteiger partial charge in [-0.25, -0.2) is 9.67 Å². The number of aryl methyl sites for hydroxylation is 1. The van der Waals surface area contributed by atoms with Gasteiger partial charge in [0, 0.05) is 17.8 Å². The molecule has 0 saturated heterocycles. The summed E-state index contributed by atoms with van der Waals surface area (Å²) in [6.07, 6.45) is 4.73. The monoisotopic (exact) mass is 256 g/mol. The Morgan fingerprint density at radius 3 is 3.12 bits per heavy atom. The fourth-order valence-corrected chi connectivity index (χ4v) is 3.70. The molecule has 2 unspecified atom stereocenters.